The van der Waals surface area contributed by atoms with Gasteiger partial charge in [-0.15, -0.1) is 0 Å². The van der Waals surface area contributed by atoms with E-state index in [4.69, 9.17) is 0 Å². The molecule has 2 aromatic rings. The molecule has 98 valence electrons. The average Bonchev–Trinajstić information content (AvgIpc) is 2.26. The van der Waals surface area contributed by atoms with E-state index < -0.39 is 11.6 Å². The molecule has 2 rings (SSSR count). The van der Waals surface area contributed by atoms with Crippen molar-refractivity contribution in [3.05, 3.63) is 70.3 Å². The van der Waals surface area contributed by atoms with Crippen molar-refractivity contribution >= 4 is 5.78 Å². The molecule has 0 spiro atoms. The minimum atomic E-state index is -0.663. The molecule has 0 radical (unpaired) electrons. The highest BCUT2D eigenvalue weighted by Crippen LogP contribution is 2.17. The van der Waals surface area contributed by atoms with Gasteiger partial charge >= 0.3 is 0 Å². The summed E-state index contributed by atoms with van der Waals surface area (Å²) in [5, 5.41) is 0. The third kappa shape index (κ3) is 3.05. The quantitative estimate of drug-likeness (QED) is 0.762. The molecule has 1 nitrogen and oxygen atoms in total. The van der Waals surface area contributed by atoms with Crippen LogP contribution in [-0.4, -0.2) is 5.78 Å². The molecule has 3 heteroatoms. The molecule has 0 saturated heterocycles. The normalized spacial score (nSPS) is 10.5. The molecule has 0 aliphatic carbocycles. The van der Waals surface area contributed by atoms with Crippen LogP contribution < -0.4 is 0 Å². The standard InChI is InChI=1S/C16H14F2O/c1-10-4-3-5-11(2)16(10)15(19)8-12-6-13(17)9-14(18)7-12/h3-7,9H,8H2,1-2H3. The zero-order chi connectivity index (χ0) is 14.0. The van der Waals surface area contributed by atoms with Crippen LogP contribution in [0.2, 0.25) is 0 Å². The number of carbonyl (C=O) groups is 1. The van der Waals surface area contributed by atoms with Gasteiger partial charge in [-0.25, -0.2) is 8.78 Å². The summed E-state index contributed by atoms with van der Waals surface area (Å²) in [4.78, 5) is 12.2. The first-order chi connectivity index (χ1) is 8.97. The van der Waals surface area contributed by atoms with Crippen LogP contribution in [0, 0.1) is 25.5 Å². The third-order valence-electron chi connectivity index (χ3n) is 3.05. The van der Waals surface area contributed by atoms with Gasteiger partial charge in [-0.1, -0.05) is 18.2 Å². The van der Waals surface area contributed by atoms with E-state index in [0.717, 1.165) is 17.2 Å². The summed E-state index contributed by atoms with van der Waals surface area (Å²) in [6.45, 7) is 3.71. The van der Waals surface area contributed by atoms with Gasteiger partial charge in [0.15, 0.2) is 5.78 Å². The topological polar surface area (TPSA) is 17.1 Å². The summed E-state index contributed by atoms with van der Waals surface area (Å²) in [6, 6.07) is 8.76. The molecule has 0 amide bonds. The lowest BCUT2D eigenvalue weighted by atomic mass is 9.95. The Morgan fingerprint density at radius 1 is 1.00 bits per heavy atom. The zero-order valence-electron chi connectivity index (χ0n) is 10.8. The van der Waals surface area contributed by atoms with Crippen LogP contribution in [0.25, 0.3) is 0 Å². The molecule has 0 aromatic heterocycles. The number of hydrogen-bond acceptors (Lipinski definition) is 1. The van der Waals surface area contributed by atoms with Crippen LogP contribution in [0.15, 0.2) is 36.4 Å². The van der Waals surface area contributed by atoms with Crippen molar-refractivity contribution in [2.24, 2.45) is 0 Å². The number of aryl methyl sites for hydroxylation is 2. The van der Waals surface area contributed by atoms with Gasteiger partial charge in [0.2, 0.25) is 0 Å². The molecular weight excluding hydrogens is 246 g/mol. The maximum Gasteiger partial charge on any atom is 0.167 e. The average molecular weight is 260 g/mol. The second-order valence-corrected chi connectivity index (χ2v) is 4.64. The molecule has 0 saturated carbocycles. The first-order valence-corrected chi connectivity index (χ1v) is 6.02. The fraction of sp³-hybridized carbons (Fsp3) is 0.188. The number of Topliss-reactive ketones (excluding diaryl/α,β-unsaturated/α-hetero) is 1. The summed E-state index contributed by atoms with van der Waals surface area (Å²) >= 11 is 0. The largest absolute Gasteiger partial charge is 0.294 e. The van der Waals surface area contributed by atoms with Gasteiger partial charge in [0.1, 0.15) is 11.6 Å². The first kappa shape index (κ1) is 13.4. The van der Waals surface area contributed by atoms with E-state index in [2.05, 4.69) is 0 Å². The number of benzene rings is 2. The number of hydrogen-bond donors (Lipinski definition) is 0. The highest BCUT2D eigenvalue weighted by molar-refractivity contribution is 6.00. The van der Waals surface area contributed by atoms with E-state index in [0.29, 0.717) is 11.1 Å². The van der Waals surface area contributed by atoms with Crippen LogP contribution in [0.5, 0.6) is 0 Å². The molecule has 0 aliphatic heterocycles. The van der Waals surface area contributed by atoms with E-state index >= 15 is 0 Å². The Bertz CT molecular complexity index is 592. The smallest absolute Gasteiger partial charge is 0.167 e. The lowest BCUT2D eigenvalue weighted by Gasteiger charge is -2.08. The van der Waals surface area contributed by atoms with Crippen LogP contribution in [0.1, 0.15) is 27.0 Å². The first-order valence-electron chi connectivity index (χ1n) is 6.02. The molecule has 0 fully saturated rings. The number of ketones is 1. The van der Waals surface area contributed by atoms with E-state index in [9.17, 15) is 13.6 Å². The molecule has 2 aromatic carbocycles. The maximum atomic E-state index is 13.1. The summed E-state index contributed by atoms with van der Waals surface area (Å²) in [7, 11) is 0. The van der Waals surface area contributed by atoms with E-state index in [-0.39, 0.29) is 12.2 Å². The highest BCUT2D eigenvalue weighted by Gasteiger charge is 2.13. The van der Waals surface area contributed by atoms with Gasteiger partial charge in [-0.05, 0) is 42.7 Å². The van der Waals surface area contributed by atoms with Gasteiger partial charge in [-0.2, -0.15) is 0 Å². The molecule has 0 atom stereocenters. The predicted molar refractivity (Wildman–Crippen MR) is 70.3 cm³/mol. The Balaban J connectivity index is 2.31. The Morgan fingerprint density at radius 2 is 1.53 bits per heavy atom. The van der Waals surface area contributed by atoms with Crippen LogP contribution in [-0.2, 0) is 6.42 Å². The van der Waals surface area contributed by atoms with Crippen LogP contribution in [0.4, 0.5) is 8.78 Å². The van der Waals surface area contributed by atoms with Gasteiger partial charge in [0.25, 0.3) is 0 Å². The molecule has 0 aliphatic rings. The Hall–Kier alpha value is -2.03. The summed E-state index contributed by atoms with van der Waals surface area (Å²) < 4.78 is 26.2. The number of carbonyl (C=O) groups excluding carboxylic acids is 1. The van der Waals surface area contributed by atoms with Gasteiger partial charge in [0.05, 0.1) is 0 Å². The minimum absolute atomic E-state index is 0.000370. The maximum absolute atomic E-state index is 13.1. The fourth-order valence-electron chi connectivity index (χ4n) is 2.24. The number of halogens is 2. The van der Waals surface area contributed by atoms with Crippen molar-refractivity contribution < 1.29 is 13.6 Å². The second kappa shape index (κ2) is 5.31. The van der Waals surface area contributed by atoms with E-state index in [1.807, 2.05) is 32.0 Å². The summed E-state index contributed by atoms with van der Waals surface area (Å²) in [5.74, 6) is -1.45. The minimum Gasteiger partial charge on any atom is -0.294 e. The fourth-order valence-corrected chi connectivity index (χ4v) is 2.24. The zero-order valence-corrected chi connectivity index (χ0v) is 10.8. The van der Waals surface area contributed by atoms with Crippen molar-refractivity contribution in [2.45, 2.75) is 20.3 Å². The predicted octanol–water partition coefficient (Wildman–Crippen LogP) is 4.01. The molecule has 0 heterocycles. The lowest BCUT2D eigenvalue weighted by Crippen LogP contribution is -2.08. The van der Waals surface area contributed by atoms with Gasteiger partial charge < -0.3 is 0 Å². The third-order valence-corrected chi connectivity index (χ3v) is 3.05. The van der Waals surface area contributed by atoms with Crippen molar-refractivity contribution in [1.29, 1.82) is 0 Å². The Morgan fingerprint density at radius 3 is 2.05 bits per heavy atom. The SMILES string of the molecule is Cc1cccc(C)c1C(=O)Cc1cc(F)cc(F)c1. The van der Waals surface area contributed by atoms with Crippen molar-refractivity contribution in [2.75, 3.05) is 0 Å². The highest BCUT2D eigenvalue weighted by atomic mass is 19.1. The molecule has 0 unspecified atom stereocenters. The lowest BCUT2D eigenvalue weighted by molar-refractivity contribution is 0.0991. The molecule has 0 N–H and O–H groups in total. The Labute approximate surface area is 110 Å². The monoisotopic (exact) mass is 260 g/mol. The molecule has 0 bridgehead atoms. The van der Waals surface area contributed by atoms with E-state index in [1.165, 1.54) is 12.1 Å². The second-order valence-electron chi connectivity index (χ2n) is 4.64. The molecule has 19 heavy (non-hydrogen) atoms. The summed E-state index contributed by atoms with van der Waals surface area (Å²) in [5.41, 5.74) is 2.74. The van der Waals surface area contributed by atoms with Crippen LogP contribution >= 0.6 is 0 Å². The van der Waals surface area contributed by atoms with Gasteiger partial charge in [-0.3, -0.25) is 4.79 Å². The van der Waals surface area contributed by atoms with Gasteiger partial charge in [0, 0.05) is 18.1 Å². The number of rotatable bonds is 3. The van der Waals surface area contributed by atoms with E-state index in [1.54, 1.807) is 0 Å². The van der Waals surface area contributed by atoms with Crippen molar-refractivity contribution in [3.8, 4) is 0 Å². The summed E-state index contributed by atoms with van der Waals surface area (Å²) in [6.07, 6.45) is 0.000370. The molecular formula is C16H14F2O. The Kier molecular flexibility index (Phi) is 3.74. The van der Waals surface area contributed by atoms with Crippen molar-refractivity contribution in [1.82, 2.24) is 0 Å². The van der Waals surface area contributed by atoms with Crippen LogP contribution in [0.3, 0.4) is 0 Å². The van der Waals surface area contributed by atoms with Crippen molar-refractivity contribution in [3.63, 3.8) is 0 Å².